The first kappa shape index (κ1) is 31.4. The van der Waals surface area contributed by atoms with Crippen molar-refractivity contribution in [3.63, 3.8) is 0 Å². The fraction of sp³-hybridized carbons (Fsp3) is 0. The average molecular weight is 729 g/mol. The lowest BCUT2D eigenvalue weighted by Gasteiger charge is -2.11. The van der Waals surface area contributed by atoms with Gasteiger partial charge >= 0.3 is 11.9 Å². The minimum absolute atomic E-state index is 0.502. The van der Waals surface area contributed by atoms with Crippen LogP contribution in [0.3, 0.4) is 0 Å². The van der Waals surface area contributed by atoms with E-state index in [1.54, 1.807) is 6.21 Å². The number of nitrogens with zero attached hydrogens (tertiary/aromatic N) is 5. The van der Waals surface area contributed by atoms with Gasteiger partial charge in [-0.2, -0.15) is 0 Å². The van der Waals surface area contributed by atoms with E-state index in [2.05, 4.69) is 120 Å². The summed E-state index contributed by atoms with van der Waals surface area (Å²) in [4.78, 5) is 14.8. The molecule has 0 unspecified atom stereocenters. The van der Waals surface area contributed by atoms with Crippen molar-refractivity contribution in [1.82, 2.24) is 24.2 Å². The molecule has 0 fully saturated rings. The van der Waals surface area contributed by atoms with E-state index in [4.69, 9.17) is 24.0 Å². The number of para-hydroxylation sites is 1. The van der Waals surface area contributed by atoms with E-state index in [0.29, 0.717) is 28.9 Å². The lowest BCUT2D eigenvalue weighted by atomic mass is 9.99. The Morgan fingerprint density at radius 3 is 1.79 bits per heavy atom. The van der Waals surface area contributed by atoms with Gasteiger partial charge in [0.05, 0.1) is 11.0 Å². The Labute approximate surface area is 326 Å². The molecule has 4 heterocycles. The summed E-state index contributed by atoms with van der Waals surface area (Å²) < 4.78 is 13.6. The van der Waals surface area contributed by atoms with E-state index in [9.17, 15) is 0 Å². The predicted octanol–water partition coefficient (Wildman–Crippen LogP) is 11.4. The van der Waals surface area contributed by atoms with E-state index in [0.717, 1.165) is 50.0 Å². The molecular formula is C51H30N5O+. The topological polar surface area (TPSA) is 70.8 Å². The maximum Gasteiger partial charge on any atom is 0.383 e. The van der Waals surface area contributed by atoms with Gasteiger partial charge in [0.2, 0.25) is 11.6 Å². The minimum atomic E-state index is 0.502. The molecule has 1 aliphatic heterocycles. The first-order valence-electron chi connectivity index (χ1n) is 19.0. The van der Waals surface area contributed by atoms with Crippen LogP contribution in [0.5, 0.6) is 0 Å². The van der Waals surface area contributed by atoms with Crippen LogP contribution in [-0.2, 0) is 0 Å². The van der Waals surface area contributed by atoms with Gasteiger partial charge in [-0.05, 0) is 75.1 Å². The number of aromatic nitrogens is 4. The van der Waals surface area contributed by atoms with Crippen molar-refractivity contribution >= 4 is 66.2 Å². The van der Waals surface area contributed by atoms with Gasteiger partial charge in [0.25, 0.3) is 0 Å². The standard InChI is InChI=1S/C51H30N5O/c1-3-12-33(13-4-1)49-53-50(34-14-5-2-6-15-34)55-51(54-49)48-47-42-28-36(23-26-45(42)57-46(47)30-52-48)35-22-25-44-41(27-35)39-17-9-10-18-43(39)56(44)37-24-21-32-20-19-31-11-7-8-16-38(31)40(32)29-37/h1-30H/q+1. The normalized spacial score (nSPS) is 12.3. The molecule has 0 radical (unpaired) electrons. The highest BCUT2D eigenvalue weighted by atomic mass is 16.3. The Bertz CT molecular complexity index is 3440. The fourth-order valence-corrected chi connectivity index (χ4v) is 8.46. The molecule has 8 aromatic carbocycles. The van der Waals surface area contributed by atoms with Crippen LogP contribution in [0.1, 0.15) is 17.1 Å². The van der Waals surface area contributed by atoms with Gasteiger partial charge in [-0.25, -0.2) is 15.0 Å². The van der Waals surface area contributed by atoms with Gasteiger partial charge in [0.15, 0.2) is 11.6 Å². The van der Waals surface area contributed by atoms with E-state index in [1.165, 1.54) is 37.8 Å². The van der Waals surface area contributed by atoms with Crippen molar-refractivity contribution in [3.8, 4) is 39.6 Å². The van der Waals surface area contributed by atoms with Gasteiger partial charge in [-0.15, -0.1) is 0 Å². The molecule has 6 nitrogen and oxygen atoms in total. The molecule has 12 rings (SSSR count). The highest BCUT2D eigenvalue weighted by Gasteiger charge is 2.36. The second kappa shape index (κ2) is 12.3. The molecule has 0 bridgehead atoms. The first-order valence-corrected chi connectivity index (χ1v) is 19.0. The number of rotatable bonds is 5. The molecule has 57 heavy (non-hydrogen) atoms. The molecular weight excluding hydrogens is 699 g/mol. The van der Waals surface area contributed by atoms with Gasteiger partial charge in [-0.3, -0.25) is 0 Å². The molecule has 0 atom stereocenters. The third-order valence-electron chi connectivity index (χ3n) is 11.2. The molecule has 264 valence electrons. The third kappa shape index (κ3) is 4.99. The number of hydrogen-bond donors (Lipinski definition) is 0. The van der Waals surface area contributed by atoms with E-state index in [1.807, 2.05) is 60.7 Å². The molecule has 11 aromatic rings. The lowest BCUT2D eigenvalue weighted by molar-refractivity contribution is 0.608. The van der Waals surface area contributed by atoms with Crippen LogP contribution in [0.4, 0.5) is 0 Å². The molecule has 1 aliphatic rings. The number of hydrogen-bond acceptors (Lipinski definition) is 4. The minimum Gasteiger partial charge on any atom is -0.448 e. The SMILES string of the molecule is C1=[N+]=C(c2nc(-c3ccccc3)nc(-c3ccccc3)n2)c2c1oc1ccc(-c3ccc4c(c3)c3ccccc3n4-c3ccc4ccc5ccccc5c4c3)cc21. The largest absolute Gasteiger partial charge is 0.448 e. The summed E-state index contributed by atoms with van der Waals surface area (Å²) >= 11 is 0. The molecule has 3 aromatic heterocycles. The second-order valence-electron chi connectivity index (χ2n) is 14.5. The van der Waals surface area contributed by atoms with Crippen molar-refractivity contribution in [1.29, 1.82) is 0 Å². The molecule has 6 heteroatoms. The zero-order chi connectivity index (χ0) is 37.5. The second-order valence-corrected chi connectivity index (χ2v) is 14.5. The summed E-state index contributed by atoms with van der Waals surface area (Å²) in [6.45, 7) is 0. The van der Waals surface area contributed by atoms with Crippen LogP contribution in [0.2, 0.25) is 0 Å². The van der Waals surface area contributed by atoms with E-state index < -0.39 is 0 Å². The van der Waals surface area contributed by atoms with Crippen LogP contribution in [0.25, 0.3) is 93.9 Å². The number of fused-ring (bicyclic) bond motifs is 9. The Kier molecular flexibility index (Phi) is 6.78. The van der Waals surface area contributed by atoms with Gasteiger partial charge < -0.3 is 8.98 Å². The maximum atomic E-state index is 6.38. The quantitative estimate of drug-likeness (QED) is 0.131. The van der Waals surface area contributed by atoms with Crippen LogP contribution >= 0.6 is 0 Å². The maximum absolute atomic E-state index is 6.38. The van der Waals surface area contributed by atoms with Gasteiger partial charge in [0, 0.05) is 33.0 Å². The highest BCUT2D eigenvalue weighted by molar-refractivity contribution is 6.24. The summed E-state index contributed by atoms with van der Waals surface area (Å²) in [5.41, 5.74) is 9.83. The van der Waals surface area contributed by atoms with E-state index >= 15 is 0 Å². The molecule has 0 saturated carbocycles. The zero-order valence-corrected chi connectivity index (χ0v) is 30.5. The third-order valence-corrected chi connectivity index (χ3v) is 11.2. The van der Waals surface area contributed by atoms with Crippen molar-refractivity contribution in [2.45, 2.75) is 0 Å². The van der Waals surface area contributed by atoms with Crippen LogP contribution in [0.15, 0.2) is 180 Å². The Morgan fingerprint density at radius 2 is 1.02 bits per heavy atom. The monoisotopic (exact) mass is 728 g/mol. The summed E-state index contributed by atoms with van der Waals surface area (Å²) in [6, 6.07) is 61.7. The molecule has 0 spiro atoms. The molecule has 0 amide bonds. The van der Waals surface area contributed by atoms with Crippen LogP contribution in [-0.4, -0.2) is 31.4 Å². The lowest BCUT2D eigenvalue weighted by Crippen LogP contribution is -2.12. The van der Waals surface area contributed by atoms with Crippen molar-refractivity contribution in [3.05, 3.63) is 193 Å². The smallest absolute Gasteiger partial charge is 0.383 e. The fourth-order valence-electron chi connectivity index (χ4n) is 8.46. The summed E-state index contributed by atoms with van der Waals surface area (Å²) in [5, 5.41) is 8.35. The average Bonchev–Trinajstić information content (AvgIpc) is 3.97. The summed E-state index contributed by atoms with van der Waals surface area (Å²) in [5.74, 6) is 2.38. The molecule has 0 aliphatic carbocycles. The number of benzene rings is 8. The van der Waals surface area contributed by atoms with Crippen molar-refractivity contribution in [2.75, 3.05) is 0 Å². The number of furan rings is 1. The molecule has 0 saturated heterocycles. The highest BCUT2D eigenvalue weighted by Crippen LogP contribution is 2.38. The molecule has 0 N–H and O–H groups in total. The van der Waals surface area contributed by atoms with Crippen molar-refractivity contribution in [2.24, 2.45) is 0 Å². The summed E-state index contributed by atoms with van der Waals surface area (Å²) in [7, 11) is 0. The van der Waals surface area contributed by atoms with Crippen LogP contribution < -0.4 is 4.67 Å². The summed E-state index contributed by atoms with van der Waals surface area (Å²) in [6.07, 6.45) is 1.77. The first-order chi connectivity index (χ1) is 28.2. The van der Waals surface area contributed by atoms with Crippen LogP contribution in [0, 0.1) is 0 Å². The predicted molar refractivity (Wildman–Crippen MR) is 232 cm³/mol. The van der Waals surface area contributed by atoms with Gasteiger partial charge in [-0.1, -0.05) is 138 Å². The Morgan fingerprint density at radius 1 is 0.421 bits per heavy atom. The van der Waals surface area contributed by atoms with E-state index in [-0.39, 0.29) is 0 Å². The van der Waals surface area contributed by atoms with Crippen molar-refractivity contribution < 1.29 is 4.42 Å². The zero-order valence-electron chi connectivity index (χ0n) is 30.5. The van der Waals surface area contributed by atoms with Gasteiger partial charge in [0.1, 0.15) is 11.1 Å². The Balaban J connectivity index is 0.988. The Hall–Kier alpha value is -7.92.